The van der Waals surface area contributed by atoms with Crippen molar-refractivity contribution >= 4 is 34.7 Å². The second kappa shape index (κ2) is 14.4. The molecule has 3 N–H and O–H groups in total. The van der Waals surface area contributed by atoms with Gasteiger partial charge < -0.3 is 25.2 Å². The third-order valence-electron chi connectivity index (χ3n) is 9.44. The summed E-state index contributed by atoms with van der Waals surface area (Å²) in [6.07, 6.45) is 7.99. The first-order valence-electron chi connectivity index (χ1n) is 16.2. The fraction of sp³-hybridized carbons (Fsp3) is 0.405. The van der Waals surface area contributed by atoms with Crippen LogP contribution < -0.4 is 20.1 Å². The number of carbonyl (C=O) groups is 1. The molecule has 4 atom stereocenters. The number of aromatic nitrogens is 1. The molecule has 3 heterocycles. The van der Waals surface area contributed by atoms with Crippen molar-refractivity contribution < 1.29 is 19.4 Å². The summed E-state index contributed by atoms with van der Waals surface area (Å²) >= 11 is 14.4. The van der Waals surface area contributed by atoms with Gasteiger partial charge in [-0.25, -0.2) is 4.98 Å². The molecular weight excluding hydrogens is 635 g/mol. The molecule has 0 saturated carbocycles. The number of nitrogens with one attached hydrogen (secondary N) is 2. The Kier molecular flexibility index (Phi) is 10.2. The quantitative estimate of drug-likeness (QED) is 0.234. The van der Waals surface area contributed by atoms with E-state index in [1.54, 1.807) is 14.2 Å². The number of fused-ring (bicyclic) bond motifs is 1. The van der Waals surface area contributed by atoms with Crippen LogP contribution >= 0.6 is 23.2 Å². The molecule has 1 fully saturated rings. The third-order valence-corrected chi connectivity index (χ3v) is 10.3. The summed E-state index contributed by atoms with van der Waals surface area (Å²) in [6.45, 7) is 5.16. The first-order valence-corrected chi connectivity index (χ1v) is 17.0. The van der Waals surface area contributed by atoms with Gasteiger partial charge in [-0.2, -0.15) is 0 Å². The molecule has 0 bridgehead atoms. The van der Waals surface area contributed by atoms with Crippen molar-refractivity contribution in [2.45, 2.75) is 62.2 Å². The molecule has 3 aromatic rings. The minimum atomic E-state index is -0.892. The number of nitrogens with zero attached hydrogens (tertiary/aromatic N) is 2. The van der Waals surface area contributed by atoms with Crippen molar-refractivity contribution in [3.8, 4) is 11.6 Å². The van der Waals surface area contributed by atoms with E-state index in [1.165, 1.54) is 5.56 Å². The number of allylic oxidation sites excluding steroid dienone is 4. The number of hydrogen-bond donors (Lipinski definition) is 3. The monoisotopic (exact) mass is 676 g/mol. The lowest BCUT2D eigenvalue weighted by Gasteiger charge is -2.40. The maximum Gasteiger partial charge on any atom is 0.220 e. The number of β-amino-alcohol motifs (C(OH)–C–C–N with tert-alkyl or cyclic N) is 1. The van der Waals surface area contributed by atoms with E-state index >= 15 is 0 Å². The SMILES string of the molecule is COc1cc(C2(c3ccc(CNC[C@@H]4CCC(=O)N4)c(OC)n3)C=CC=C(c3ccccc3Cl)C2Cl)cc2c1CN(CC(C)O)CC2. The molecular formula is C37H42Cl2N4O4. The van der Waals surface area contributed by atoms with Crippen LogP contribution in [0.4, 0.5) is 0 Å². The summed E-state index contributed by atoms with van der Waals surface area (Å²) in [5.41, 5.74) is 5.79. The first kappa shape index (κ1) is 33.5. The average Bonchev–Trinajstić information content (AvgIpc) is 3.49. The molecule has 2 aromatic carbocycles. The van der Waals surface area contributed by atoms with Gasteiger partial charge in [0.25, 0.3) is 0 Å². The molecule has 1 amide bonds. The molecule has 6 rings (SSSR count). The largest absolute Gasteiger partial charge is 0.496 e. The predicted molar refractivity (Wildman–Crippen MR) is 186 cm³/mol. The van der Waals surface area contributed by atoms with E-state index < -0.39 is 16.9 Å². The van der Waals surface area contributed by atoms with Gasteiger partial charge >= 0.3 is 0 Å². The lowest BCUT2D eigenvalue weighted by molar-refractivity contribution is -0.119. The summed E-state index contributed by atoms with van der Waals surface area (Å²) in [5.74, 6) is 1.39. The van der Waals surface area contributed by atoms with Gasteiger partial charge in [-0.3, -0.25) is 9.69 Å². The van der Waals surface area contributed by atoms with E-state index in [-0.39, 0.29) is 11.9 Å². The molecule has 3 unspecified atom stereocenters. The second-order valence-corrected chi connectivity index (χ2v) is 13.5. The van der Waals surface area contributed by atoms with Gasteiger partial charge in [0, 0.05) is 61.3 Å². The van der Waals surface area contributed by atoms with Crippen LogP contribution in [0.25, 0.3) is 5.57 Å². The number of pyridine rings is 1. The van der Waals surface area contributed by atoms with Gasteiger partial charge in [0.05, 0.1) is 36.8 Å². The van der Waals surface area contributed by atoms with Gasteiger partial charge in [-0.15, -0.1) is 11.6 Å². The number of amides is 1. The van der Waals surface area contributed by atoms with Crippen LogP contribution in [0, 0.1) is 0 Å². The molecule has 0 spiro atoms. The maximum atomic E-state index is 11.6. The van der Waals surface area contributed by atoms with E-state index in [0.717, 1.165) is 58.7 Å². The summed E-state index contributed by atoms with van der Waals surface area (Å²) in [6, 6.07) is 16.3. The number of alkyl halides is 1. The number of methoxy groups -OCH3 is 2. The Morgan fingerprint density at radius 1 is 1.17 bits per heavy atom. The first-order chi connectivity index (χ1) is 22.7. The van der Waals surface area contributed by atoms with Gasteiger partial charge in [0.1, 0.15) is 5.75 Å². The molecule has 3 aliphatic rings. The number of hydrogen-bond acceptors (Lipinski definition) is 7. The Morgan fingerprint density at radius 2 is 2.00 bits per heavy atom. The molecule has 2 aliphatic heterocycles. The van der Waals surface area contributed by atoms with Gasteiger partial charge in [-0.1, -0.05) is 60.2 Å². The van der Waals surface area contributed by atoms with Crippen molar-refractivity contribution in [2.75, 3.05) is 33.9 Å². The Balaban J connectivity index is 1.42. The van der Waals surface area contributed by atoms with E-state index in [9.17, 15) is 9.90 Å². The van der Waals surface area contributed by atoms with Crippen molar-refractivity contribution in [3.05, 3.63) is 105 Å². The maximum absolute atomic E-state index is 11.6. The molecule has 0 radical (unpaired) electrons. The average molecular weight is 678 g/mol. The van der Waals surface area contributed by atoms with Crippen molar-refractivity contribution in [1.29, 1.82) is 0 Å². The smallest absolute Gasteiger partial charge is 0.220 e. The normalized spacial score (nSPS) is 23.2. The van der Waals surface area contributed by atoms with Gasteiger partial charge in [-0.05, 0) is 60.2 Å². The number of benzene rings is 2. The molecule has 8 nitrogen and oxygen atoms in total. The zero-order valence-corrected chi connectivity index (χ0v) is 28.6. The van der Waals surface area contributed by atoms with E-state index in [4.69, 9.17) is 37.7 Å². The summed E-state index contributed by atoms with van der Waals surface area (Å²) in [5, 5.41) is 16.6. The summed E-state index contributed by atoms with van der Waals surface area (Å²) in [4.78, 5) is 19.0. The van der Waals surface area contributed by atoms with Crippen LogP contribution in [0.1, 0.15) is 53.3 Å². The fourth-order valence-electron chi connectivity index (χ4n) is 7.10. The number of rotatable bonds is 11. The molecule has 47 heavy (non-hydrogen) atoms. The van der Waals surface area contributed by atoms with Crippen LogP contribution in [0.15, 0.2) is 66.8 Å². The number of aliphatic hydroxyl groups excluding tert-OH is 1. The Hall–Kier alpha value is -3.40. The Bertz CT molecular complexity index is 1680. The standard InChI is InChI=1S/C37H42Cl2N4O4/c1-23(44)21-43-16-14-24-17-26(18-32(46-2)30(24)22-43)37(15-6-8-29(35(37)39)28-7-4-5-9-31(28)38)33-12-10-25(36(42-33)47-3)19-40-20-27-11-13-34(45)41-27/h4-10,12,15,17-18,23,27,35,40,44H,11,13-14,16,19-22H2,1-3H3,(H,41,45)/t23?,27-,35?,37?/m0/s1. The predicted octanol–water partition coefficient (Wildman–Crippen LogP) is 5.41. The lowest BCUT2D eigenvalue weighted by Crippen LogP contribution is -2.40. The van der Waals surface area contributed by atoms with Gasteiger partial charge in [0.2, 0.25) is 11.8 Å². The van der Waals surface area contributed by atoms with Crippen molar-refractivity contribution in [1.82, 2.24) is 20.5 Å². The Labute approximate surface area is 286 Å². The zero-order valence-electron chi connectivity index (χ0n) is 27.1. The third kappa shape index (κ3) is 6.80. The van der Waals surface area contributed by atoms with Crippen molar-refractivity contribution in [3.63, 3.8) is 0 Å². The Morgan fingerprint density at radius 3 is 2.72 bits per heavy atom. The highest BCUT2D eigenvalue weighted by atomic mass is 35.5. The topological polar surface area (TPSA) is 96.0 Å². The molecule has 1 aromatic heterocycles. The molecule has 248 valence electrons. The second-order valence-electron chi connectivity index (χ2n) is 12.6. The highest BCUT2D eigenvalue weighted by molar-refractivity contribution is 6.34. The van der Waals surface area contributed by atoms with E-state index in [1.807, 2.05) is 55.5 Å². The van der Waals surface area contributed by atoms with Gasteiger partial charge in [0.15, 0.2) is 0 Å². The lowest BCUT2D eigenvalue weighted by atomic mass is 9.68. The number of aliphatic hydroxyl groups is 1. The summed E-state index contributed by atoms with van der Waals surface area (Å²) < 4.78 is 11.9. The summed E-state index contributed by atoms with van der Waals surface area (Å²) in [7, 11) is 3.33. The molecule has 1 saturated heterocycles. The van der Waals surface area contributed by atoms with Crippen LogP contribution in [0.5, 0.6) is 11.6 Å². The zero-order chi connectivity index (χ0) is 33.1. The van der Waals surface area contributed by atoms with Crippen LogP contribution in [0.2, 0.25) is 5.02 Å². The highest BCUT2D eigenvalue weighted by Gasteiger charge is 2.45. The van der Waals surface area contributed by atoms with E-state index in [0.29, 0.717) is 43.5 Å². The highest BCUT2D eigenvalue weighted by Crippen LogP contribution is 2.50. The van der Waals surface area contributed by atoms with Crippen molar-refractivity contribution in [2.24, 2.45) is 0 Å². The molecule has 1 aliphatic carbocycles. The van der Waals surface area contributed by atoms with Crippen LogP contribution in [-0.4, -0.2) is 72.3 Å². The fourth-order valence-corrected chi connectivity index (χ4v) is 7.85. The minimum Gasteiger partial charge on any atom is -0.496 e. The number of ether oxygens (including phenoxy) is 2. The number of carbonyl (C=O) groups excluding carboxylic acids is 1. The molecule has 10 heteroatoms. The van der Waals surface area contributed by atoms with Crippen LogP contribution in [0.3, 0.4) is 0 Å². The minimum absolute atomic E-state index is 0.1000. The van der Waals surface area contributed by atoms with Crippen LogP contribution in [-0.2, 0) is 29.7 Å². The number of halogens is 2. The van der Waals surface area contributed by atoms with E-state index in [2.05, 4.69) is 33.7 Å².